The van der Waals surface area contributed by atoms with Crippen LogP contribution in [0.2, 0.25) is 0 Å². The molecule has 1 heteroatoms. The highest BCUT2D eigenvalue weighted by molar-refractivity contribution is 6.20. The van der Waals surface area contributed by atoms with E-state index in [0.717, 1.165) is 22.6 Å². The molecule has 1 nitrogen and oxygen atoms in total. The Bertz CT molecular complexity index is 2340. The lowest BCUT2D eigenvalue weighted by atomic mass is 9.88. The summed E-state index contributed by atoms with van der Waals surface area (Å²) in [5.41, 5.74) is 7.20. The summed E-state index contributed by atoms with van der Waals surface area (Å²) in [6.07, 6.45) is 0. The molecule has 1 aliphatic heterocycles. The molecular weight excluding hydrogens is 496 g/mol. The summed E-state index contributed by atoms with van der Waals surface area (Å²) in [5.74, 6) is 1.83. The molecule has 1 heterocycles. The number of para-hydroxylation sites is 1. The zero-order valence-electron chi connectivity index (χ0n) is 22.3. The van der Waals surface area contributed by atoms with Gasteiger partial charge in [-0.1, -0.05) is 115 Å². The Hall–Kier alpha value is -5.40. The zero-order chi connectivity index (χ0) is 26.9. The fourth-order valence-electron chi connectivity index (χ4n) is 6.74. The predicted molar refractivity (Wildman–Crippen MR) is 173 cm³/mol. The van der Waals surface area contributed by atoms with E-state index in [2.05, 4.69) is 140 Å². The molecule has 0 spiro atoms. The SMILES string of the molecule is c1cc(-c2cc3c4c(cccc4c2)-c2ccccc2O3)cc(-c2c3ccccc3cc3c2ccc2ccccc23)c1. The molecule has 0 bridgehead atoms. The predicted octanol–water partition coefficient (Wildman–Crippen LogP) is 11.4. The minimum Gasteiger partial charge on any atom is -0.456 e. The van der Waals surface area contributed by atoms with Crippen LogP contribution in [0.4, 0.5) is 0 Å². The van der Waals surface area contributed by atoms with E-state index in [1.165, 1.54) is 65.3 Å². The Morgan fingerprint density at radius 1 is 0.341 bits per heavy atom. The molecule has 8 aromatic rings. The maximum Gasteiger partial charge on any atom is 0.136 e. The molecule has 9 rings (SSSR count). The number of fused-ring (bicyclic) bond motifs is 6. The van der Waals surface area contributed by atoms with Crippen LogP contribution in [0.5, 0.6) is 11.5 Å². The number of benzene rings is 8. The van der Waals surface area contributed by atoms with Gasteiger partial charge in [0.25, 0.3) is 0 Å². The monoisotopic (exact) mass is 520 g/mol. The zero-order valence-corrected chi connectivity index (χ0v) is 22.3. The summed E-state index contributed by atoms with van der Waals surface area (Å²) in [6, 6.07) is 52.6. The third kappa shape index (κ3) is 3.36. The van der Waals surface area contributed by atoms with Crippen molar-refractivity contribution in [3.63, 3.8) is 0 Å². The first-order valence-electron chi connectivity index (χ1n) is 14.1. The van der Waals surface area contributed by atoms with E-state index in [1.54, 1.807) is 0 Å². The molecule has 0 aliphatic carbocycles. The van der Waals surface area contributed by atoms with Crippen molar-refractivity contribution >= 4 is 43.1 Å². The van der Waals surface area contributed by atoms with Crippen LogP contribution >= 0.6 is 0 Å². The van der Waals surface area contributed by atoms with Gasteiger partial charge in [-0.15, -0.1) is 0 Å². The summed E-state index contributed by atoms with van der Waals surface area (Å²) in [7, 11) is 0. The molecule has 0 unspecified atom stereocenters. The second-order valence-electron chi connectivity index (χ2n) is 10.9. The average molecular weight is 521 g/mol. The van der Waals surface area contributed by atoms with Crippen molar-refractivity contribution in [3.05, 3.63) is 146 Å². The minimum absolute atomic E-state index is 0.910. The molecule has 0 saturated heterocycles. The van der Waals surface area contributed by atoms with Crippen molar-refractivity contribution in [1.29, 1.82) is 0 Å². The number of rotatable bonds is 2. The van der Waals surface area contributed by atoms with Crippen LogP contribution in [0.1, 0.15) is 0 Å². The molecule has 1 aliphatic rings. The highest BCUT2D eigenvalue weighted by Crippen LogP contribution is 2.48. The van der Waals surface area contributed by atoms with Gasteiger partial charge in [-0.3, -0.25) is 0 Å². The van der Waals surface area contributed by atoms with E-state index in [1.807, 2.05) is 6.07 Å². The lowest BCUT2D eigenvalue weighted by molar-refractivity contribution is 0.487. The van der Waals surface area contributed by atoms with Crippen LogP contribution < -0.4 is 4.74 Å². The topological polar surface area (TPSA) is 9.23 Å². The molecule has 0 radical (unpaired) electrons. The van der Waals surface area contributed by atoms with E-state index in [9.17, 15) is 0 Å². The Balaban J connectivity index is 1.28. The average Bonchev–Trinajstić information content (AvgIpc) is 3.03. The third-order valence-corrected chi connectivity index (χ3v) is 8.59. The molecule has 190 valence electrons. The Kier molecular flexibility index (Phi) is 4.67. The second-order valence-corrected chi connectivity index (χ2v) is 10.9. The van der Waals surface area contributed by atoms with Crippen LogP contribution in [-0.2, 0) is 0 Å². The standard InChI is InChI=1S/C40H24O/c1-3-14-31-25(9-1)19-20-35-36(31)23-27-10-2-4-15-32(27)39(35)28-12-7-11-26(21-28)30-22-29-13-8-17-34-33-16-5-6-18-37(33)41-38(24-30)40(29)34/h1-24H. The number of ether oxygens (including phenoxy) is 1. The maximum absolute atomic E-state index is 6.48. The summed E-state index contributed by atoms with van der Waals surface area (Å²) in [6.45, 7) is 0. The van der Waals surface area contributed by atoms with E-state index in [-0.39, 0.29) is 0 Å². The van der Waals surface area contributed by atoms with Gasteiger partial charge in [0.1, 0.15) is 11.5 Å². The first kappa shape index (κ1) is 22.4. The fraction of sp³-hybridized carbons (Fsp3) is 0. The normalized spacial score (nSPS) is 12.1. The van der Waals surface area contributed by atoms with Gasteiger partial charge < -0.3 is 4.74 Å². The van der Waals surface area contributed by atoms with Gasteiger partial charge >= 0.3 is 0 Å². The molecule has 0 aromatic heterocycles. The van der Waals surface area contributed by atoms with Crippen LogP contribution in [0.25, 0.3) is 76.5 Å². The molecule has 0 N–H and O–H groups in total. The van der Waals surface area contributed by atoms with Gasteiger partial charge in [-0.25, -0.2) is 0 Å². The quantitative estimate of drug-likeness (QED) is 0.163. The molecule has 0 fully saturated rings. The summed E-state index contributed by atoms with van der Waals surface area (Å²) >= 11 is 0. The molecule has 0 saturated carbocycles. The molecular formula is C40H24O. The van der Waals surface area contributed by atoms with E-state index in [4.69, 9.17) is 4.74 Å². The Labute approximate surface area is 237 Å². The fourth-order valence-corrected chi connectivity index (χ4v) is 6.74. The van der Waals surface area contributed by atoms with Gasteiger partial charge in [0, 0.05) is 10.9 Å². The van der Waals surface area contributed by atoms with Gasteiger partial charge in [0.15, 0.2) is 0 Å². The van der Waals surface area contributed by atoms with Crippen molar-refractivity contribution in [1.82, 2.24) is 0 Å². The number of hydrogen-bond donors (Lipinski definition) is 0. The van der Waals surface area contributed by atoms with Crippen LogP contribution in [0, 0.1) is 0 Å². The minimum atomic E-state index is 0.910. The smallest absolute Gasteiger partial charge is 0.136 e. The summed E-state index contributed by atoms with van der Waals surface area (Å²) in [5, 5.41) is 10.0. The third-order valence-electron chi connectivity index (χ3n) is 8.59. The molecule has 0 atom stereocenters. The lowest BCUT2D eigenvalue weighted by Gasteiger charge is -2.22. The first-order chi connectivity index (χ1) is 20.3. The van der Waals surface area contributed by atoms with Gasteiger partial charge in [0.2, 0.25) is 0 Å². The van der Waals surface area contributed by atoms with E-state index >= 15 is 0 Å². The largest absolute Gasteiger partial charge is 0.456 e. The maximum atomic E-state index is 6.48. The highest BCUT2D eigenvalue weighted by atomic mass is 16.5. The lowest BCUT2D eigenvalue weighted by Crippen LogP contribution is -1.97. The van der Waals surface area contributed by atoms with Crippen molar-refractivity contribution in [3.8, 4) is 44.9 Å². The summed E-state index contributed by atoms with van der Waals surface area (Å²) in [4.78, 5) is 0. The van der Waals surface area contributed by atoms with Crippen LogP contribution in [0.15, 0.2) is 146 Å². The Morgan fingerprint density at radius 2 is 1.07 bits per heavy atom. The summed E-state index contributed by atoms with van der Waals surface area (Å²) < 4.78 is 6.48. The molecule has 8 aromatic carbocycles. The highest BCUT2D eigenvalue weighted by Gasteiger charge is 2.21. The van der Waals surface area contributed by atoms with Crippen LogP contribution in [-0.4, -0.2) is 0 Å². The van der Waals surface area contributed by atoms with Gasteiger partial charge in [-0.05, 0) is 95.9 Å². The van der Waals surface area contributed by atoms with E-state index in [0.29, 0.717) is 0 Å². The van der Waals surface area contributed by atoms with Crippen molar-refractivity contribution < 1.29 is 4.74 Å². The van der Waals surface area contributed by atoms with Crippen molar-refractivity contribution in [2.24, 2.45) is 0 Å². The van der Waals surface area contributed by atoms with Crippen molar-refractivity contribution in [2.45, 2.75) is 0 Å². The number of hydrogen-bond acceptors (Lipinski definition) is 1. The van der Waals surface area contributed by atoms with Crippen LogP contribution in [0.3, 0.4) is 0 Å². The van der Waals surface area contributed by atoms with E-state index < -0.39 is 0 Å². The Morgan fingerprint density at radius 3 is 2.02 bits per heavy atom. The molecule has 0 amide bonds. The second kappa shape index (κ2) is 8.55. The van der Waals surface area contributed by atoms with Gasteiger partial charge in [0.05, 0.1) is 0 Å². The van der Waals surface area contributed by atoms with Crippen molar-refractivity contribution in [2.75, 3.05) is 0 Å². The molecule has 41 heavy (non-hydrogen) atoms. The first-order valence-corrected chi connectivity index (χ1v) is 14.1. The van der Waals surface area contributed by atoms with Gasteiger partial charge in [-0.2, -0.15) is 0 Å².